The van der Waals surface area contributed by atoms with Crippen molar-refractivity contribution in [2.24, 2.45) is 0 Å². The Bertz CT molecular complexity index is 486. The van der Waals surface area contributed by atoms with Crippen LogP contribution in [0.25, 0.3) is 0 Å². The van der Waals surface area contributed by atoms with Crippen LogP contribution >= 0.6 is 22.7 Å². The minimum Gasteiger partial charge on any atom is -0.383 e. The van der Waals surface area contributed by atoms with Crippen LogP contribution in [0.15, 0.2) is 35.0 Å². The molecule has 2 aromatic heterocycles. The molecule has 0 aromatic carbocycles. The molecule has 0 saturated carbocycles. The third-order valence-corrected chi connectivity index (χ3v) is 4.90. The molecule has 2 aromatic rings. The van der Waals surface area contributed by atoms with Gasteiger partial charge in [-0.25, -0.2) is 0 Å². The standard InChI is InChI=1S/C16H20NO2S2/c1-2-3-8-15(18)16(19)17(11-13-6-4-9-20-13)12-14-7-5-10-21-14/h4-7,9-10,15,18H,1-3,8,11-12H2/t15-/m0/s1. The van der Waals surface area contributed by atoms with Crippen molar-refractivity contribution in [2.45, 2.75) is 38.5 Å². The van der Waals surface area contributed by atoms with Crippen LogP contribution < -0.4 is 0 Å². The first-order valence-corrected chi connectivity index (χ1v) is 8.77. The number of hydrogen-bond donors (Lipinski definition) is 1. The average molecular weight is 322 g/mol. The van der Waals surface area contributed by atoms with Gasteiger partial charge in [-0.15, -0.1) is 22.7 Å². The fourth-order valence-corrected chi connectivity index (χ4v) is 3.50. The van der Waals surface area contributed by atoms with Crippen molar-refractivity contribution in [3.8, 4) is 0 Å². The molecule has 1 atom stereocenters. The number of thiophene rings is 2. The summed E-state index contributed by atoms with van der Waals surface area (Å²) < 4.78 is 0. The van der Waals surface area contributed by atoms with Crippen molar-refractivity contribution in [3.05, 3.63) is 51.7 Å². The molecule has 0 aliphatic carbocycles. The van der Waals surface area contributed by atoms with E-state index in [1.807, 2.05) is 35.0 Å². The third-order valence-electron chi connectivity index (χ3n) is 3.18. The monoisotopic (exact) mass is 322 g/mol. The Morgan fingerprint density at radius 3 is 2.19 bits per heavy atom. The highest BCUT2D eigenvalue weighted by Gasteiger charge is 2.22. The van der Waals surface area contributed by atoms with Gasteiger partial charge in [-0.2, -0.15) is 0 Å². The summed E-state index contributed by atoms with van der Waals surface area (Å²) in [6, 6.07) is 7.99. The van der Waals surface area contributed by atoms with E-state index >= 15 is 0 Å². The number of hydrogen-bond acceptors (Lipinski definition) is 4. The second kappa shape index (κ2) is 8.32. The Kier molecular flexibility index (Phi) is 6.42. The highest BCUT2D eigenvalue weighted by molar-refractivity contribution is 7.10. The summed E-state index contributed by atoms with van der Waals surface area (Å²) in [6.45, 7) is 4.85. The maximum Gasteiger partial charge on any atom is 0.252 e. The first-order valence-electron chi connectivity index (χ1n) is 7.01. The number of carbonyl (C=O) groups is 1. The molecule has 1 radical (unpaired) electrons. The van der Waals surface area contributed by atoms with E-state index in [0.29, 0.717) is 19.5 Å². The Labute approximate surface area is 133 Å². The molecule has 0 saturated heterocycles. The van der Waals surface area contributed by atoms with E-state index in [4.69, 9.17) is 0 Å². The summed E-state index contributed by atoms with van der Waals surface area (Å²) >= 11 is 3.26. The van der Waals surface area contributed by atoms with Crippen molar-refractivity contribution in [1.82, 2.24) is 4.90 Å². The summed E-state index contributed by atoms with van der Waals surface area (Å²) in [5.41, 5.74) is 0. The fourth-order valence-electron chi connectivity index (χ4n) is 2.06. The summed E-state index contributed by atoms with van der Waals surface area (Å²) in [7, 11) is 0. The van der Waals surface area contributed by atoms with Crippen LogP contribution in [0.3, 0.4) is 0 Å². The van der Waals surface area contributed by atoms with Gasteiger partial charge >= 0.3 is 0 Å². The van der Waals surface area contributed by atoms with Gasteiger partial charge in [-0.1, -0.05) is 31.9 Å². The molecule has 21 heavy (non-hydrogen) atoms. The van der Waals surface area contributed by atoms with Gasteiger partial charge in [-0.05, 0) is 29.3 Å². The van der Waals surface area contributed by atoms with E-state index in [1.54, 1.807) is 27.6 Å². The number of unbranched alkanes of at least 4 members (excludes halogenated alkanes) is 1. The Morgan fingerprint density at radius 2 is 1.76 bits per heavy atom. The number of aliphatic hydroxyl groups is 1. The zero-order chi connectivity index (χ0) is 15.1. The summed E-state index contributed by atoms with van der Waals surface area (Å²) in [6.07, 6.45) is 1.05. The predicted octanol–water partition coefficient (Wildman–Crippen LogP) is 3.70. The minimum atomic E-state index is -0.924. The van der Waals surface area contributed by atoms with Gasteiger partial charge in [0.2, 0.25) is 0 Å². The van der Waals surface area contributed by atoms with Crippen molar-refractivity contribution >= 4 is 28.6 Å². The van der Waals surface area contributed by atoms with E-state index in [0.717, 1.165) is 22.6 Å². The molecule has 2 heterocycles. The van der Waals surface area contributed by atoms with Crippen LogP contribution in [0.4, 0.5) is 0 Å². The van der Waals surface area contributed by atoms with Crippen LogP contribution in [0.5, 0.6) is 0 Å². The van der Waals surface area contributed by atoms with Crippen molar-refractivity contribution in [3.63, 3.8) is 0 Å². The number of aliphatic hydroxyl groups excluding tert-OH is 1. The van der Waals surface area contributed by atoms with E-state index < -0.39 is 6.10 Å². The molecule has 3 nitrogen and oxygen atoms in total. The highest BCUT2D eigenvalue weighted by Crippen LogP contribution is 2.18. The van der Waals surface area contributed by atoms with Gasteiger partial charge in [0, 0.05) is 9.75 Å². The molecule has 1 N–H and O–H groups in total. The maximum atomic E-state index is 12.5. The number of rotatable bonds is 8. The molecule has 0 aliphatic heterocycles. The summed E-state index contributed by atoms with van der Waals surface area (Å²) in [5, 5.41) is 14.1. The molecular weight excluding hydrogens is 302 g/mol. The van der Waals surface area contributed by atoms with Crippen LogP contribution in [0.2, 0.25) is 0 Å². The molecule has 113 valence electrons. The van der Waals surface area contributed by atoms with E-state index in [2.05, 4.69) is 6.92 Å². The van der Waals surface area contributed by atoms with Gasteiger partial charge in [0.05, 0.1) is 13.1 Å². The first-order chi connectivity index (χ1) is 10.2. The number of amides is 1. The lowest BCUT2D eigenvalue weighted by Gasteiger charge is -2.24. The molecule has 0 bridgehead atoms. The largest absolute Gasteiger partial charge is 0.383 e. The Balaban J connectivity index is 2.04. The van der Waals surface area contributed by atoms with Gasteiger partial charge in [0.15, 0.2) is 0 Å². The smallest absolute Gasteiger partial charge is 0.252 e. The second-order valence-electron chi connectivity index (χ2n) is 4.86. The topological polar surface area (TPSA) is 40.5 Å². The lowest BCUT2D eigenvalue weighted by atomic mass is 10.1. The molecule has 2 rings (SSSR count). The van der Waals surface area contributed by atoms with Gasteiger partial charge in [0.1, 0.15) is 6.10 Å². The van der Waals surface area contributed by atoms with Crippen LogP contribution in [0, 0.1) is 6.92 Å². The molecule has 1 amide bonds. The molecular formula is C16H20NO2S2. The number of carbonyl (C=O) groups excluding carboxylic acids is 1. The van der Waals surface area contributed by atoms with Crippen molar-refractivity contribution < 1.29 is 9.90 Å². The SMILES string of the molecule is [CH2]CCC[C@H](O)C(=O)N(Cc1cccs1)Cc1cccs1. The number of nitrogens with zero attached hydrogens (tertiary/aromatic N) is 1. The zero-order valence-corrected chi connectivity index (χ0v) is 13.5. The third kappa shape index (κ3) is 4.95. The van der Waals surface area contributed by atoms with Gasteiger partial charge < -0.3 is 10.0 Å². The molecule has 0 spiro atoms. The molecule has 5 heteroatoms. The molecule has 0 aliphatic rings. The van der Waals surface area contributed by atoms with Crippen LogP contribution in [-0.4, -0.2) is 22.0 Å². The zero-order valence-electron chi connectivity index (χ0n) is 11.9. The van der Waals surface area contributed by atoms with Crippen LogP contribution in [-0.2, 0) is 17.9 Å². The summed E-state index contributed by atoms with van der Waals surface area (Å²) in [4.78, 5) is 16.5. The Hall–Kier alpha value is -1.17. The average Bonchev–Trinajstić information content (AvgIpc) is 3.16. The normalized spacial score (nSPS) is 12.3. The van der Waals surface area contributed by atoms with Gasteiger partial charge in [0.25, 0.3) is 5.91 Å². The maximum absolute atomic E-state index is 12.5. The molecule has 0 fully saturated rings. The van der Waals surface area contributed by atoms with E-state index in [-0.39, 0.29) is 5.91 Å². The fraction of sp³-hybridized carbons (Fsp3) is 0.375. The lowest BCUT2D eigenvalue weighted by molar-refractivity contribution is -0.141. The Morgan fingerprint density at radius 1 is 1.19 bits per heavy atom. The first kappa shape index (κ1) is 16.2. The van der Waals surface area contributed by atoms with E-state index in [1.165, 1.54) is 0 Å². The second-order valence-corrected chi connectivity index (χ2v) is 6.93. The van der Waals surface area contributed by atoms with Crippen molar-refractivity contribution in [1.29, 1.82) is 0 Å². The molecule has 0 unspecified atom stereocenters. The highest BCUT2D eigenvalue weighted by atomic mass is 32.1. The van der Waals surface area contributed by atoms with Crippen LogP contribution in [0.1, 0.15) is 29.0 Å². The van der Waals surface area contributed by atoms with Crippen molar-refractivity contribution in [2.75, 3.05) is 0 Å². The van der Waals surface area contributed by atoms with Gasteiger partial charge in [-0.3, -0.25) is 4.79 Å². The predicted molar refractivity (Wildman–Crippen MR) is 88.1 cm³/mol. The summed E-state index contributed by atoms with van der Waals surface area (Å²) in [5.74, 6) is -0.190. The lowest BCUT2D eigenvalue weighted by Crippen LogP contribution is -2.38. The quantitative estimate of drug-likeness (QED) is 0.805. The van der Waals surface area contributed by atoms with E-state index in [9.17, 15) is 9.90 Å². The minimum absolute atomic E-state index is 0.190.